The van der Waals surface area contributed by atoms with Gasteiger partial charge in [-0.25, -0.2) is 0 Å². The van der Waals surface area contributed by atoms with Gasteiger partial charge in [-0.3, -0.25) is 4.90 Å². The summed E-state index contributed by atoms with van der Waals surface area (Å²) in [4.78, 5) is 2.05. The first-order valence-corrected chi connectivity index (χ1v) is 6.01. The van der Waals surface area contributed by atoms with Crippen molar-refractivity contribution in [2.45, 2.75) is 25.1 Å². The highest BCUT2D eigenvalue weighted by Gasteiger charge is 2.15. The molecule has 0 aliphatic carbocycles. The minimum Gasteiger partial charge on any atom is -0.496 e. The van der Waals surface area contributed by atoms with Gasteiger partial charge in [-0.05, 0) is 31.6 Å². The summed E-state index contributed by atoms with van der Waals surface area (Å²) in [6, 6.07) is 6.35. The summed E-state index contributed by atoms with van der Waals surface area (Å²) >= 11 is 4.57. The quantitative estimate of drug-likeness (QED) is 0.639. The fraction of sp³-hybridized carbons (Fsp3) is 0.538. The van der Waals surface area contributed by atoms with E-state index < -0.39 is 0 Å². The van der Waals surface area contributed by atoms with E-state index in [1.54, 1.807) is 7.11 Å². The highest BCUT2D eigenvalue weighted by Crippen LogP contribution is 2.33. The molecule has 1 atom stereocenters. The van der Waals surface area contributed by atoms with E-state index in [4.69, 9.17) is 4.74 Å². The summed E-state index contributed by atoms with van der Waals surface area (Å²) in [6.07, 6.45) is 0. The van der Waals surface area contributed by atoms with Crippen LogP contribution < -0.4 is 4.74 Å². The molecule has 0 aliphatic heterocycles. The normalized spacial score (nSPS) is 13.2. The third kappa shape index (κ3) is 2.92. The third-order valence-corrected chi connectivity index (χ3v) is 3.43. The first-order valence-electron chi connectivity index (χ1n) is 5.49. The number of nitrogens with zero attached hydrogens (tertiary/aromatic N) is 1. The van der Waals surface area contributed by atoms with Crippen LogP contribution in [0, 0.1) is 0 Å². The van der Waals surface area contributed by atoms with E-state index in [2.05, 4.69) is 49.6 Å². The van der Waals surface area contributed by atoms with Gasteiger partial charge in [-0.15, -0.1) is 0 Å². The molecule has 0 saturated heterocycles. The number of rotatable bonds is 4. The maximum Gasteiger partial charge on any atom is 0.124 e. The summed E-state index contributed by atoms with van der Waals surface area (Å²) in [7, 11) is 5.72. The smallest absolute Gasteiger partial charge is 0.124 e. The van der Waals surface area contributed by atoms with Crippen LogP contribution >= 0.6 is 12.6 Å². The maximum atomic E-state index is 5.43. The second-order valence-corrected chi connectivity index (χ2v) is 4.98. The Balaban J connectivity index is 3.11. The molecule has 0 spiro atoms. The van der Waals surface area contributed by atoms with Crippen molar-refractivity contribution in [3.63, 3.8) is 0 Å². The van der Waals surface area contributed by atoms with Gasteiger partial charge in [0.2, 0.25) is 0 Å². The van der Waals surface area contributed by atoms with Crippen LogP contribution in [-0.4, -0.2) is 26.1 Å². The molecular weight excluding hydrogens is 218 g/mol. The standard InChI is InChI=1S/C13H21NOS/c1-9(2)10-6-7-11(12(8-10)15-5)13(16)14(3)4/h6-9,13,16H,1-5H3. The van der Waals surface area contributed by atoms with Gasteiger partial charge in [0.1, 0.15) is 5.75 Å². The molecular formula is C13H21NOS. The molecule has 1 unspecified atom stereocenters. The molecule has 90 valence electrons. The molecule has 0 aliphatic rings. The number of ether oxygens (including phenoxy) is 1. The van der Waals surface area contributed by atoms with Crippen molar-refractivity contribution in [3.05, 3.63) is 29.3 Å². The van der Waals surface area contributed by atoms with E-state index in [9.17, 15) is 0 Å². The number of thiol groups is 1. The van der Waals surface area contributed by atoms with Gasteiger partial charge in [0, 0.05) is 5.56 Å². The SMILES string of the molecule is COc1cc(C(C)C)ccc1C(S)N(C)C. The average Bonchev–Trinajstić information content (AvgIpc) is 2.26. The molecule has 2 nitrogen and oxygen atoms in total. The summed E-state index contributed by atoms with van der Waals surface area (Å²) in [5.74, 6) is 1.43. The van der Waals surface area contributed by atoms with Crippen molar-refractivity contribution in [3.8, 4) is 5.75 Å². The van der Waals surface area contributed by atoms with Gasteiger partial charge in [0.15, 0.2) is 0 Å². The molecule has 3 heteroatoms. The molecule has 0 radical (unpaired) electrons. The maximum absolute atomic E-state index is 5.43. The Bertz CT molecular complexity index is 350. The highest BCUT2D eigenvalue weighted by molar-refractivity contribution is 7.80. The van der Waals surface area contributed by atoms with E-state index >= 15 is 0 Å². The second-order valence-electron chi connectivity index (χ2n) is 4.49. The average molecular weight is 239 g/mol. The fourth-order valence-corrected chi connectivity index (χ4v) is 1.79. The molecule has 16 heavy (non-hydrogen) atoms. The topological polar surface area (TPSA) is 12.5 Å². The molecule has 0 saturated carbocycles. The van der Waals surface area contributed by atoms with Crippen molar-refractivity contribution in [2.24, 2.45) is 0 Å². The Morgan fingerprint density at radius 1 is 1.25 bits per heavy atom. The first-order chi connectivity index (χ1) is 7.47. The highest BCUT2D eigenvalue weighted by atomic mass is 32.1. The number of benzene rings is 1. The molecule has 0 heterocycles. The summed E-state index contributed by atoms with van der Waals surface area (Å²) in [5.41, 5.74) is 2.40. The van der Waals surface area contributed by atoms with E-state index in [0.717, 1.165) is 11.3 Å². The molecule has 1 aromatic carbocycles. The van der Waals surface area contributed by atoms with Gasteiger partial charge >= 0.3 is 0 Å². The van der Waals surface area contributed by atoms with Crippen molar-refractivity contribution < 1.29 is 4.74 Å². The van der Waals surface area contributed by atoms with Crippen LogP contribution in [0.15, 0.2) is 18.2 Å². The fourth-order valence-electron chi connectivity index (χ4n) is 1.58. The van der Waals surface area contributed by atoms with Crippen LogP contribution in [-0.2, 0) is 0 Å². The van der Waals surface area contributed by atoms with Gasteiger partial charge in [-0.1, -0.05) is 26.0 Å². The van der Waals surface area contributed by atoms with Crippen LogP contribution in [0.5, 0.6) is 5.75 Å². The van der Waals surface area contributed by atoms with E-state index in [1.807, 2.05) is 14.1 Å². The summed E-state index contributed by atoms with van der Waals surface area (Å²) < 4.78 is 5.43. The van der Waals surface area contributed by atoms with Crippen LogP contribution in [0.25, 0.3) is 0 Å². The van der Waals surface area contributed by atoms with Gasteiger partial charge in [0.25, 0.3) is 0 Å². The minimum atomic E-state index is 0.0659. The van der Waals surface area contributed by atoms with Gasteiger partial charge in [0.05, 0.1) is 12.5 Å². The Morgan fingerprint density at radius 3 is 2.31 bits per heavy atom. The lowest BCUT2D eigenvalue weighted by molar-refractivity contribution is 0.366. The summed E-state index contributed by atoms with van der Waals surface area (Å²) in [5, 5.41) is 0.0659. The Hall–Kier alpha value is -0.670. The Morgan fingerprint density at radius 2 is 1.88 bits per heavy atom. The first kappa shape index (κ1) is 13.4. The van der Waals surface area contributed by atoms with Crippen molar-refractivity contribution in [2.75, 3.05) is 21.2 Å². The van der Waals surface area contributed by atoms with E-state index in [-0.39, 0.29) is 5.37 Å². The summed E-state index contributed by atoms with van der Waals surface area (Å²) in [6.45, 7) is 4.36. The van der Waals surface area contributed by atoms with E-state index in [1.165, 1.54) is 5.56 Å². The van der Waals surface area contributed by atoms with Gasteiger partial charge < -0.3 is 4.74 Å². The number of hydrogen-bond acceptors (Lipinski definition) is 3. The Labute approximate surface area is 104 Å². The molecule has 0 N–H and O–H groups in total. The molecule has 0 aromatic heterocycles. The second kappa shape index (κ2) is 5.60. The number of methoxy groups -OCH3 is 1. The minimum absolute atomic E-state index is 0.0659. The third-order valence-electron chi connectivity index (χ3n) is 2.69. The Kier molecular flexibility index (Phi) is 4.69. The van der Waals surface area contributed by atoms with Crippen LogP contribution in [0.2, 0.25) is 0 Å². The molecule has 1 rings (SSSR count). The van der Waals surface area contributed by atoms with Crippen molar-refractivity contribution in [1.29, 1.82) is 0 Å². The van der Waals surface area contributed by atoms with Gasteiger partial charge in [-0.2, -0.15) is 12.6 Å². The van der Waals surface area contributed by atoms with Crippen molar-refractivity contribution in [1.82, 2.24) is 4.90 Å². The lowest BCUT2D eigenvalue weighted by atomic mass is 10.0. The van der Waals surface area contributed by atoms with Crippen molar-refractivity contribution >= 4 is 12.6 Å². The predicted molar refractivity (Wildman–Crippen MR) is 72.5 cm³/mol. The zero-order valence-corrected chi connectivity index (χ0v) is 11.6. The predicted octanol–water partition coefficient (Wildman–Crippen LogP) is 3.31. The lowest BCUT2D eigenvalue weighted by Gasteiger charge is -2.22. The molecule has 1 aromatic rings. The zero-order valence-electron chi connectivity index (χ0n) is 10.7. The monoisotopic (exact) mass is 239 g/mol. The van der Waals surface area contributed by atoms with Crippen LogP contribution in [0.4, 0.5) is 0 Å². The largest absolute Gasteiger partial charge is 0.496 e. The van der Waals surface area contributed by atoms with E-state index in [0.29, 0.717) is 5.92 Å². The molecule has 0 bridgehead atoms. The van der Waals surface area contributed by atoms with Crippen LogP contribution in [0.3, 0.4) is 0 Å². The molecule has 0 fully saturated rings. The number of hydrogen-bond donors (Lipinski definition) is 1. The molecule has 0 amide bonds. The zero-order chi connectivity index (χ0) is 12.3. The van der Waals surface area contributed by atoms with Crippen LogP contribution in [0.1, 0.15) is 36.3 Å². The lowest BCUT2D eigenvalue weighted by Crippen LogP contribution is -2.15.